The molecule has 8 heteroatoms. The summed E-state index contributed by atoms with van der Waals surface area (Å²) in [6.07, 6.45) is -5.15. The van der Waals surface area contributed by atoms with E-state index in [-0.39, 0.29) is 18.0 Å². The van der Waals surface area contributed by atoms with Crippen molar-refractivity contribution in [1.29, 1.82) is 10.5 Å². The summed E-state index contributed by atoms with van der Waals surface area (Å²) >= 11 is 0. The smallest absolute Gasteiger partial charge is 0.157 e. The highest BCUT2D eigenvalue weighted by Gasteiger charge is 2.37. The predicted molar refractivity (Wildman–Crippen MR) is 53.3 cm³/mol. The van der Waals surface area contributed by atoms with Crippen LogP contribution in [0.4, 0.5) is 0 Å². The number of allylic oxidation sites excluding steroid dienone is 2. The van der Waals surface area contributed by atoms with E-state index in [4.69, 9.17) is 21.0 Å². The fourth-order valence-electron chi connectivity index (χ4n) is 1.30. The van der Waals surface area contributed by atoms with Crippen LogP contribution >= 0.6 is 0 Å². The summed E-state index contributed by atoms with van der Waals surface area (Å²) in [5, 5.41) is 47.7. The van der Waals surface area contributed by atoms with Gasteiger partial charge in [0.25, 0.3) is 0 Å². The zero-order chi connectivity index (χ0) is 13.0. The van der Waals surface area contributed by atoms with Gasteiger partial charge in [-0.05, 0) is 0 Å². The van der Waals surface area contributed by atoms with E-state index in [2.05, 4.69) is 5.32 Å². The molecule has 0 aromatic rings. The number of nitriles is 2. The first-order valence-electron chi connectivity index (χ1n) is 4.73. The van der Waals surface area contributed by atoms with Crippen molar-refractivity contribution in [2.75, 3.05) is 6.61 Å². The molecule has 0 aromatic carbocycles. The maximum Gasteiger partial charge on any atom is 0.157 e. The lowest BCUT2D eigenvalue weighted by Gasteiger charge is -2.35. The van der Waals surface area contributed by atoms with E-state index in [1.807, 2.05) is 0 Å². The van der Waals surface area contributed by atoms with Crippen molar-refractivity contribution in [3.63, 3.8) is 0 Å². The van der Waals surface area contributed by atoms with Gasteiger partial charge in [-0.1, -0.05) is 0 Å². The number of rotatable bonds is 2. The Morgan fingerprint density at radius 3 is 2.41 bits per heavy atom. The lowest BCUT2D eigenvalue weighted by molar-refractivity contribution is -0.192. The van der Waals surface area contributed by atoms with Crippen molar-refractivity contribution in [3.8, 4) is 12.1 Å². The van der Waals surface area contributed by atoms with Crippen LogP contribution in [0.1, 0.15) is 0 Å². The summed E-state index contributed by atoms with van der Waals surface area (Å²) in [5.41, 5.74) is 4.62. The third-order valence-electron chi connectivity index (χ3n) is 2.29. The first-order valence-corrected chi connectivity index (χ1v) is 4.73. The van der Waals surface area contributed by atoms with Crippen LogP contribution in [-0.2, 0) is 4.74 Å². The predicted octanol–water partition coefficient (Wildman–Crippen LogP) is -2.77. The number of nitrogens with zero attached hydrogens (tertiary/aromatic N) is 2. The maximum atomic E-state index is 9.55. The SMILES string of the molecule is N#CC(N)=C(C#N)NC1OCC(O)C(O)C1O. The molecule has 1 rings (SSSR count). The number of aliphatic hydroxyl groups is 3. The molecule has 92 valence electrons. The van der Waals surface area contributed by atoms with Gasteiger partial charge >= 0.3 is 0 Å². The van der Waals surface area contributed by atoms with Gasteiger partial charge in [-0.15, -0.1) is 0 Å². The van der Waals surface area contributed by atoms with Crippen molar-refractivity contribution < 1.29 is 20.1 Å². The van der Waals surface area contributed by atoms with Crippen LogP contribution in [0.3, 0.4) is 0 Å². The molecule has 4 atom stereocenters. The summed E-state index contributed by atoms with van der Waals surface area (Å²) in [6.45, 7) is -0.207. The third-order valence-corrected chi connectivity index (χ3v) is 2.29. The Bertz CT molecular complexity index is 397. The molecule has 0 aromatic heterocycles. The molecule has 0 radical (unpaired) electrons. The fourth-order valence-corrected chi connectivity index (χ4v) is 1.30. The Hall–Kier alpha value is -1.84. The van der Waals surface area contributed by atoms with Gasteiger partial charge < -0.3 is 31.1 Å². The van der Waals surface area contributed by atoms with E-state index in [0.717, 1.165) is 0 Å². The summed E-state index contributed by atoms with van der Waals surface area (Å²) in [5.74, 6) is 0. The third kappa shape index (κ3) is 2.84. The minimum absolute atomic E-state index is 0.207. The van der Waals surface area contributed by atoms with E-state index in [1.54, 1.807) is 12.1 Å². The van der Waals surface area contributed by atoms with Crippen molar-refractivity contribution in [1.82, 2.24) is 5.32 Å². The first kappa shape index (κ1) is 13.2. The first-order chi connectivity index (χ1) is 8.01. The Morgan fingerprint density at radius 1 is 1.24 bits per heavy atom. The van der Waals surface area contributed by atoms with Crippen LogP contribution in [0.2, 0.25) is 0 Å². The zero-order valence-electron chi connectivity index (χ0n) is 8.74. The highest BCUT2D eigenvalue weighted by molar-refractivity contribution is 5.33. The Kier molecular flexibility index (Phi) is 4.26. The van der Waals surface area contributed by atoms with Gasteiger partial charge in [0.2, 0.25) is 0 Å². The van der Waals surface area contributed by atoms with Crippen molar-refractivity contribution in [3.05, 3.63) is 11.4 Å². The Labute approximate surface area is 97.1 Å². The zero-order valence-corrected chi connectivity index (χ0v) is 8.74. The highest BCUT2D eigenvalue weighted by atomic mass is 16.5. The van der Waals surface area contributed by atoms with Crippen LogP contribution in [0.25, 0.3) is 0 Å². The summed E-state index contributed by atoms with van der Waals surface area (Å²) in [4.78, 5) is 0. The molecule has 0 bridgehead atoms. The number of aliphatic hydroxyl groups excluding tert-OH is 3. The summed E-state index contributed by atoms with van der Waals surface area (Å²) < 4.78 is 4.98. The minimum Gasteiger partial charge on any atom is -0.388 e. The average molecular weight is 240 g/mol. The van der Waals surface area contributed by atoms with Gasteiger partial charge in [0.1, 0.15) is 41.8 Å². The van der Waals surface area contributed by atoms with Crippen molar-refractivity contribution in [2.45, 2.75) is 24.5 Å². The molecule has 0 saturated carbocycles. The Balaban J connectivity index is 2.77. The van der Waals surface area contributed by atoms with Gasteiger partial charge in [-0.3, -0.25) is 0 Å². The van der Waals surface area contributed by atoms with E-state index in [9.17, 15) is 15.3 Å². The molecule has 1 aliphatic heterocycles. The highest BCUT2D eigenvalue weighted by Crippen LogP contribution is 2.14. The van der Waals surface area contributed by atoms with Crippen LogP contribution < -0.4 is 11.1 Å². The molecule has 1 fully saturated rings. The normalized spacial score (nSPS) is 34.2. The largest absolute Gasteiger partial charge is 0.388 e. The quantitative estimate of drug-likeness (QED) is 0.325. The van der Waals surface area contributed by atoms with Gasteiger partial charge in [-0.2, -0.15) is 10.5 Å². The topological polar surface area (TPSA) is 156 Å². The van der Waals surface area contributed by atoms with Gasteiger partial charge in [0.05, 0.1) is 6.61 Å². The molecule has 8 nitrogen and oxygen atoms in total. The van der Waals surface area contributed by atoms with Crippen LogP contribution in [-0.4, -0.2) is 46.5 Å². The van der Waals surface area contributed by atoms with Crippen molar-refractivity contribution in [2.24, 2.45) is 5.73 Å². The molecule has 4 unspecified atom stereocenters. The monoisotopic (exact) mass is 240 g/mol. The van der Waals surface area contributed by atoms with Gasteiger partial charge in [-0.25, -0.2) is 0 Å². The number of nitrogens with one attached hydrogen (secondary N) is 1. The molecule has 17 heavy (non-hydrogen) atoms. The lowest BCUT2D eigenvalue weighted by Crippen LogP contribution is -2.57. The minimum atomic E-state index is -1.44. The second-order valence-corrected chi connectivity index (χ2v) is 3.46. The van der Waals surface area contributed by atoms with E-state index >= 15 is 0 Å². The molecule has 0 aliphatic carbocycles. The number of nitrogens with two attached hydrogens (primary N) is 1. The van der Waals surface area contributed by atoms with Gasteiger partial charge in [0.15, 0.2) is 6.23 Å². The van der Waals surface area contributed by atoms with E-state index in [1.165, 1.54) is 0 Å². The van der Waals surface area contributed by atoms with Crippen molar-refractivity contribution >= 4 is 0 Å². The average Bonchev–Trinajstić information content (AvgIpc) is 2.34. The van der Waals surface area contributed by atoms with Crippen LogP contribution in [0.5, 0.6) is 0 Å². The number of hydrogen-bond acceptors (Lipinski definition) is 8. The summed E-state index contributed by atoms with van der Waals surface area (Å²) in [7, 11) is 0. The van der Waals surface area contributed by atoms with Crippen LogP contribution in [0, 0.1) is 22.7 Å². The second-order valence-electron chi connectivity index (χ2n) is 3.46. The molecular formula is C9H12N4O4. The molecule has 0 spiro atoms. The molecular weight excluding hydrogens is 228 g/mol. The molecule has 1 aliphatic rings. The molecule has 1 saturated heterocycles. The fraction of sp³-hybridized carbons (Fsp3) is 0.556. The van der Waals surface area contributed by atoms with Gasteiger partial charge in [0, 0.05) is 0 Å². The molecule has 6 N–H and O–H groups in total. The van der Waals surface area contributed by atoms with Crippen LogP contribution in [0.15, 0.2) is 11.4 Å². The summed E-state index contributed by atoms with van der Waals surface area (Å²) in [6, 6.07) is 3.20. The number of hydrogen-bond donors (Lipinski definition) is 5. The molecule has 0 amide bonds. The molecule has 1 heterocycles. The second kappa shape index (κ2) is 5.48. The van der Waals surface area contributed by atoms with E-state index < -0.39 is 24.5 Å². The number of ether oxygens (including phenoxy) is 1. The van der Waals surface area contributed by atoms with E-state index in [0.29, 0.717) is 0 Å². The standard InChI is InChI=1S/C9H12N4O4/c10-1-4(12)5(2-11)13-9-8(16)7(15)6(14)3-17-9/h6-9,13-16H,3,12H2. The maximum absolute atomic E-state index is 9.55. The Morgan fingerprint density at radius 2 is 1.88 bits per heavy atom. The lowest BCUT2D eigenvalue weighted by atomic mass is 10.0.